The molecule has 21 heavy (non-hydrogen) atoms. The molecule has 0 radical (unpaired) electrons. The number of hydrogen-bond donors (Lipinski definition) is 2. The SMILES string of the molecule is CC1(C)CN(C(=O)N2CCC[C@H](C(=O)O)C2)CC(CO)O1. The van der Waals surface area contributed by atoms with Crippen LogP contribution in [0, 0.1) is 5.92 Å². The van der Waals surface area contributed by atoms with Crippen molar-refractivity contribution < 1.29 is 24.5 Å². The van der Waals surface area contributed by atoms with Crippen molar-refractivity contribution in [3.05, 3.63) is 0 Å². The van der Waals surface area contributed by atoms with Gasteiger partial charge in [-0.3, -0.25) is 4.79 Å². The van der Waals surface area contributed by atoms with Crippen LogP contribution in [0.15, 0.2) is 0 Å². The van der Waals surface area contributed by atoms with E-state index < -0.39 is 23.6 Å². The average molecular weight is 300 g/mol. The van der Waals surface area contributed by atoms with Crippen LogP contribution in [0.3, 0.4) is 0 Å². The lowest BCUT2D eigenvalue weighted by Gasteiger charge is -2.44. The second-order valence-electron chi connectivity index (χ2n) is 6.47. The Morgan fingerprint density at radius 1 is 1.29 bits per heavy atom. The van der Waals surface area contributed by atoms with Crippen molar-refractivity contribution in [2.75, 3.05) is 32.8 Å². The average Bonchev–Trinajstić information content (AvgIpc) is 2.44. The van der Waals surface area contributed by atoms with Gasteiger partial charge >= 0.3 is 12.0 Å². The van der Waals surface area contributed by atoms with Crippen LogP contribution in [0.25, 0.3) is 0 Å². The molecule has 0 aromatic rings. The lowest BCUT2D eigenvalue weighted by molar-refractivity contribution is -0.145. The van der Waals surface area contributed by atoms with Crippen LogP contribution in [0.1, 0.15) is 26.7 Å². The normalized spacial score (nSPS) is 29.3. The van der Waals surface area contributed by atoms with Crippen molar-refractivity contribution in [1.29, 1.82) is 0 Å². The summed E-state index contributed by atoms with van der Waals surface area (Å²) in [5.41, 5.74) is -0.511. The summed E-state index contributed by atoms with van der Waals surface area (Å²) in [6.45, 7) is 5.26. The van der Waals surface area contributed by atoms with Gasteiger partial charge in [-0.2, -0.15) is 0 Å². The van der Waals surface area contributed by atoms with Gasteiger partial charge in [0.2, 0.25) is 0 Å². The third-order valence-electron chi connectivity index (χ3n) is 4.00. The van der Waals surface area contributed by atoms with Gasteiger partial charge in [0.1, 0.15) is 0 Å². The molecule has 2 atom stereocenters. The number of morpholine rings is 1. The van der Waals surface area contributed by atoms with Crippen LogP contribution in [-0.2, 0) is 9.53 Å². The number of aliphatic carboxylic acids is 1. The predicted octanol–water partition coefficient (Wildman–Crippen LogP) is 0.375. The summed E-state index contributed by atoms with van der Waals surface area (Å²) in [6.07, 6.45) is 0.935. The number of carbonyl (C=O) groups excluding carboxylic acids is 1. The molecule has 0 aromatic carbocycles. The van der Waals surface area contributed by atoms with E-state index in [1.165, 1.54) is 0 Å². The Morgan fingerprint density at radius 3 is 2.62 bits per heavy atom. The van der Waals surface area contributed by atoms with Gasteiger partial charge in [-0.15, -0.1) is 0 Å². The Kier molecular flexibility index (Phi) is 4.73. The maximum atomic E-state index is 12.6. The van der Waals surface area contributed by atoms with E-state index in [9.17, 15) is 14.7 Å². The van der Waals surface area contributed by atoms with Crippen molar-refractivity contribution in [3.8, 4) is 0 Å². The van der Waals surface area contributed by atoms with Gasteiger partial charge in [-0.05, 0) is 26.7 Å². The summed E-state index contributed by atoms with van der Waals surface area (Å²) in [5, 5.41) is 18.4. The number of likely N-dealkylation sites (tertiary alicyclic amines) is 1. The highest BCUT2D eigenvalue weighted by Crippen LogP contribution is 2.24. The summed E-state index contributed by atoms with van der Waals surface area (Å²) in [4.78, 5) is 27.0. The summed E-state index contributed by atoms with van der Waals surface area (Å²) in [7, 11) is 0. The number of ether oxygens (including phenoxy) is 1. The molecule has 2 rings (SSSR count). The standard InChI is InChI=1S/C14H24N2O5/c1-14(2)9-16(7-11(8-17)21-14)13(20)15-5-3-4-10(6-15)12(18)19/h10-11,17H,3-9H2,1-2H3,(H,18,19)/t10-,11?/m0/s1. The molecule has 0 aliphatic carbocycles. The van der Waals surface area contributed by atoms with E-state index in [-0.39, 0.29) is 19.2 Å². The van der Waals surface area contributed by atoms with Crippen molar-refractivity contribution in [2.45, 2.75) is 38.4 Å². The van der Waals surface area contributed by atoms with Crippen LogP contribution in [0.2, 0.25) is 0 Å². The number of aliphatic hydroxyl groups is 1. The van der Waals surface area contributed by atoms with E-state index in [0.717, 1.165) is 0 Å². The Bertz CT molecular complexity index is 412. The number of piperidine rings is 1. The highest BCUT2D eigenvalue weighted by atomic mass is 16.5. The topological polar surface area (TPSA) is 90.3 Å². The Morgan fingerprint density at radius 2 is 2.00 bits per heavy atom. The third-order valence-corrected chi connectivity index (χ3v) is 4.00. The number of aliphatic hydroxyl groups excluding tert-OH is 1. The highest BCUT2D eigenvalue weighted by Gasteiger charge is 2.38. The minimum atomic E-state index is -0.844. The lowest BCUT2D eigenvalue weighted by atomic mass is 9.98. The fourth-order valence-corrected chi connectivity index (χ4v) is 3.09. The van der Waals surface area contributed by atoms with E-state index in [1.807, 2.05) is 13.8 Å². The van der Waals surface area contributed by atoms with Gasteiger partial charge < -0.3 is 24.7 Å². The van der Waals surface area contributed by atoms with E-state index >= 15 is 0 Å². The van der Waals surface area contributed by atoms with Crippen LogP contribution in [-0.4, -0.2) is 76.5 Å². The fourth-order valence-electron chi connectivity index (χ4n) is 3.09. The molecule has 1 unspecified atom stereocenters. The van der Waals surface area contributed by atoms with Gasteiger partial charge in [-0.1, -0.05) is 0 Å². The van der Waals surface area contributed by atoms with E-state index in [1.54, 1.807) is 9.80 Å². The number of rotatable bonds is 2. The number of urea groups is 1. The first-order chi connectivity index (χ1) is 9.82. The quantitative estimate of drug-likeness (QED) is 0.769. The zero-order valence-corrected chi connectivity index (χ0v) is 12.6. The predicted molar refractivity (Wildman–Crippen MR) is 74.9 cm³/mol. The molecule has 7 heteroatoms. The molecule has 2 aliphatic heterocycles. The Balaban J connectivity index is 2.03. The van der Waals surface area contributed by atoms with Crippen LogP contribution >= 0.6 is 0 Å². The van der Waals surface area contributed by atoms with Gasteiger partial charge in [-0.25, -0.2) is 4.79 Å². The first-order valence-corrected chi connectivity index (χ1v) is 7.38. The molecule has 2 fully saturated rings. The molecule has 7 nitrogen and oxygen atoms in total. The molecule has 0 bridgehead atoms. The lowest BCUT2D eigenvalue weighted by Crippen LogP contribution is -2.59. The third kappa shape index (κ3) is 3.85. The summed E-state index contributed by atoms with van der Waals surface area (Å²) in [5.74, 6) is -1.33. The molecule has 2 aliphatic rings. The van der Waals surface area contributed by atoms with Crippen molar-refractivity contribution in [2.24, 2.45) is 5.92 Å². The van der Waals surface area contributed by atoms with Crippen LogP contribution in [0.4, 0.5) is 4.79 Å². The molecule has 2 saturated heterocycles. The first kappa shape index (κ1) is 16.0. The number of carboxylic acids is 1. The maximum Gasteiger partial charge on any atom is 0.320 e. The van der Waals surface area contributed by atoms with E-state index in [2.05, 4.69) is 0 Å². The number of carbonyl (C=O) groups is 2. The van der Waals surface area contributed by atoms with E-state index in [0.29, 0.717) is 32.5 Å². The second-order valence-corrected chi connectivity index (χ2v) is 6.47. The Hall–Kier alpha value is -1.34. The second kappa shape index (κ2) is 6.19. The molecule has 120 valence electrons. The first-order valence-electron chi connectivity index (χ1n) is 7.38. The largest absolute Gasteiger partial charge is 0.481 e. The number of carboxylic acid groups (broad SMARTS) is 1. The molecule has 2 N–H and O–H groups in total. The minimum absolute atomic E-state index is 0.134. The molecule has 0 saturated carbocycles. The van der Waals surface area contributed by atoms with E-state index in [4.69, 9.17) is 9.84 Å². The summed E-state index contributed by atoms with van der Waals surface area (Å²) < 4.78 is 5.69. The van der Waals surface area contributed by atoms with Crippen molar-refractivity contribution in [1.82, 2.24) is 9.80 Å². The zero-order valence-electron chi connectivity index (χ0n) is 12.6. The Labute approximate surface area is 124 Å². The van der Waals surface area contributed by atoms with Gasteiger partial charge in [0, 0.05) is 13.1 Å². The summed E-state index contributed by atoms with van der Waals surface area (Å²) in [6, 6.07) is -0.157. The van der Waals surface area contributed by atoms with Crippen LogP contribution < -0.4 is 0 Å². The molecule has 2 heterocycles. The maximum absolute atomic E-state index is 12.6. The molecular formula is C14H24N2O5. The highest BCUT2D eigenvalue weighted by molar-refractivity contribution is 5.77. The number of hydrogen-bond acceptors (Lipinski definition) is 4. The summed E-state index contributed by atoms with van der Waals surface area (Å²) >= 11 is 0. The number of amides is 2. The minimum Gasteiger partial charge on any atom is -0.481 e. The molecule has 0 aromatic heterocycles. The monoisotopic (exact) mass is 300 g/mol. The van der Waals surface area contributed by atoms with Gasteiger partial charge in [0.25, 0.3) is 0 Å². The van der Waals surface area contributed by atoms with Gasteiger partial charge in [0.05, 0.1) is 37.3 Å². The van der Waals surface area contributed by atoms with Crippen LogP contribution in [0.5, 0.6) is 0 Å². The van der Waals surface area contributed by atoms with Crippen molar-refractivity contribution in [3.63, 3.8) is 0 Å². The fraction of sp³-hybridized carbons (Fsp3) is 0.857. The number of nitrogens with zero attached hydrogens (tertiary/aromatic N) is 2. The molecule has 0 spiro atoms. The molecular weight excluding hydrogens is 276 g/mol. The molecule has 2 amide bonds. The zero-order chi connectivity index (χ0) is 15.6. The van der Waals surface area contributed by atoms with Gasteiger partial charge in [0.15, 0.2) is 0 Å². The van der Waals surface area contributed by atoms with Crippen molar-refractivity contribution >= 4 is 12.0 Å². The smallest absolute Gasteiger partial charge is 0.320 e.